The number of phenols is 1. The molecule has 1 atom stereocenters. The quantitative estimate of drug-likeness (QED) is 0.860. The maximum atomic E-state index is 9.42. The zero-order chi connectivity index (χ0) is 13.5. The first kappa shape index (κ1) is 13.1. The molecule has 0 spiro atoms. The summed E-state index contributed by atoms with van der Waals surface area (Å²) in [6.45, 7) is 0.720. The molecule has 3 nitrogen and oxygen atoms in total. The van der Waals surface area contributed by atoms with Crippen molar-refractivity contribution in [3.05, 3.63) is 65.7 Å². The van der Waals surface area contributed by atoms with Crippen LogP contribution in [0, 0.1) is 11.3 Å². The van der Waals surface area contributed by atoms with Crippen molar-refractivity contribution < 1.29 is 5.11 Å². The van der Waals surface area contributed by atoms with Crippen LogP contribution in [0.4, 0.5) is 0 Å². The van der Waals surface area contributed by atoms with Crippen LogP contribution in [0.15, 0.2) is 54.6 Å². The third-order valence-electron chi connectivity index (χ3n) is 2.94. The van der Waals surface area contributed by atoms with E-state index in [0.29, 0.717) is 0 Å². The first-order valence-electron chi connectivity index (χ1n) is 6.25. The van der Waals surface area contributed by atoms with Gasteiger partial charge in [0.15, 0.2) is 0 Å². The highest BCUT2D eigenvalue weighted by Gasteiger charge is 2.09. The minimum Gasteiger partial charge on any atom is -0.508 e. The summed E-state index contributed by atoms with van der Waals surface area (Å²) in [6, 6.07) is 18.7. The van der Waals surface area contributed by atoms with Crippen molar-refractivity contribution in [3.8, 4) is 11.8 Å². The lowest BCUT2D eigenvalue weighted by molar-refractivity contribution is 0.473. The van der Waals surface area contributed by atoms with Gasteiger partial charge in [0.25, 0.3) is 0 Å². The van der Waals surface area contributed by atoms with E-state index < -0.39 is 6.04 Å². The van der Waals surface area contributed by atoms with Crippen LogP contribution in [0.3, 0.4) is 0 Å². The summed E-state index contributed by atoms with van der Waals surface area (Å²) in [5, 5.41) is 21.8. The highest BCUT2D eigenvalue weighted by Crippen LogP contribution is 2.17. The molecule has 0 aliphatic rings. The van der Waals surface area contributed by atoms with E-state index in [9.17, 15) is 10.4 Å². The predicted octanol–water partition coefficient (Wildman–Crippen LogP) is 2.79. The van der Waals surface area contributed by atoms with Crippen LogP contribution < -0.4 is 5.32 Å². The zero-order valence-corrected chi connectivity index (χ0v) is 10.6. The summed E-state index contributed by atoms with van der Waals surface area (Å²) < 4.78 is 0. The maximum absolute atomic E-state index is 9.42. The van der Waals surface area contributed by atoms with Gasteiger partial charge in [0, 0.05) is 6.54 Å². The van der Waals surface area contributed by atoms with E-state index in [0.717, 1.165) is 18.5 Å². The minimum atomic E-state index is -0.393. The lowest BCUT2D eigenvalue weighted by Gasteiger charge is -2.12. The molecule has 0 aromatic heterocycles. The van der Waals surface area contributed by atoms with Crippen molar-refractivity contribution in [3.63, 3.8) is 0 Å². The number of nitrogens with one attached hydrogen (secondary N) is 1. The number of aromatic hydroxyl groups is 1. The Labute approximate surface area is 113 Å². The van der Waals surface area contributed by atoms with Gasteiger partial charge in [0.05, 0.1) is 6.07 Å². The molecule has 1 unspecified atom stereocenters. The normalized spacial score (nSPS) is 11.7. The Morgan fingerprint density at radius 3 is 2.58 bits per heavy atom. The molecule has 0 saturated carbocycles. The number of benzene rings is 2. The fourth-order valence-electron chi connectivity index (χ4n) is 1.95. The molecule has 3 heteroatoms. The third-order valence-corrected chi connectivity index (χ3v) is 2.94. The van der Waals surface area contributed by atoms with Gasteiger partial charge in [0.2, 0.25) is 0 Å². The zero-order valence-electron chi connectivity index (χ0n) is 10.6. The Morgan fingerprint density at radius 2 is 1.89 bits per heavy atom. The van der Waals surface area contributed by atoms with Crippen molar-refractivity contribution in [2.75, 3.05) is 6.54 Å². The molecule has 0 saturated heterocycles. The molecule has 2 aromatic carbocycles. The summed E-state index contributed by atoms with van der Waals surface area (Å²) >= 11 is 0. The number of rotatable bonds is 5. The Bertz CT molecular complexity index is 560. The molecule has 0 heterocycles. The van der Waals surface area contributed by atoms with E-state index in [-0.39, 0.29) is 5.75 Å². The second-order valence-electron chi connectivity index (χ2n) is 4.35. The molecule has 96 valence electrons. The van der Waals surface area contributed by atoms with E-state index in [1.165, 1.54) is 5.56 Å². The molecule has 2 N–H and O–H groups in total. The predicted molar refractivity (Wildman–Crippen MR) is 74.6 cm³/mol. The largest absolute Gasteiger partial charge is 0.508 e. The summed E-state index contributed by atoms with van der Waals surface area (Å²) in [4.78, 5) is 0. The van der Waals surface area contributed by atoms with Gasteiger partial charge >= 0.3 is 0 Å². The Hall–Kier alpha value is -2.31. The number of phenolic OH excluding ortho intramolecular Hbond substituents is 1. The van der Waals surface area contributed by atoms with Crippen LogP contribution in [-0.2, 0) is 6.42 Å². The van der Waals surface area contributed by atoms with Gasteiger partial charge in [-0.05, 0) is 29.7 Å². The molecule has 2 rings (SSSR count). The monoisotopic (exact) mass is 252 g/mol. The highest BCUT2D eigenvalue weighted by atomic mass is 16.3. The first-order chi connectivity index (χ1) is 9.29. The first-order valence-corrected chi connectivity index (χ1v) is 6.25. The van der Waals surface area contributed by atoms with Crippen molar-refractivity contribution in [1.82, 2.24) is 5.32 Å². The summed E-state index contributed by atoms with van der Waals surface area (Å²) in [5.41, 5.74) is 2.03. The molecule has 0 amide bonds. The maximum Gasteiger partial charge on any atom is 0.121 e. The highest BCUT2D eigenvalue weighted by molar-refractivity contribution is 5.32. The second kappa shape index (κ2) is 6.58. The fraction of sp³-hybridized carbons (Fsp3) is 0.188. The van der Waals surface area contributed by atoms with E-state index in [1.54, 1.807) is 18.2 Å². The number of nitrogens with zero attached hydrogens (tertiary/aromatic N) is 1. The van der Waals surface area contributed by atoms with Crippen LogP contribution in [0.1, 0.15) is 17.2 Å². The topological polar surface area (TPSA) is 56.0 Å². The lowest BCUT2D eigenvalue weighted by atomic mass is 10.1. The van der Waals surface area contributed by atoms with Crippen LogP contribution in [0.25, 0.3) is 0 Å². The van der Waals surface area contributed by atoms with E-state index >= 15 is 0 Å². The van der Waals surface area contributed by atoms with Crippen LogP contribution in [0.5, 0.6) is 5.75 Å². The average molecular weight is 252 g/mol. The molecule has 0 aliphatic heterocycles. The molecule has 0 bridgehead atoms. The van der Waals surface area contributed by atoms with Crippen molar-refractivity contribution in [1.29, 1.82) is 5.26 Å². The molecular formula is C16H16N2O. The molecule has 0 aliphatic carbocycles. The summed E-state index contributed by atoms with van der Waals surface area (Å²) in [7, 11) is 0. The van der Waals surface area contributed by atoms with Crippen LogP contribution >= 0.6 is 0 Å². The van der Waals surface area contributed by atoms with E-state index in [2.05, 4.69) is 23.5 Å². The van der Waals surface area contributed by atoms with Gasteiger partial charge < -0.3 is 5.11 Å². The fourth-order valence-corrected chi connectivity index (χ4v) is 1.95. The Balaban J connectivity index is 1.92. The third kappa shape index (κ3) is 3.84. The van der Waals surface area contributed by atoms with Gasteiger partial charge in [-0.15, -0.1) is 0 Å². The summed E-state index contributed by atoms with van der Waals surface area (Å²) in [5.74, 6) is 0.183. The van der Waals surface area contributed by atoms with Gasteiger partial charge in [-0.3, -0.25) is 5.32 Å². The molecule has 0 fully saturated rings. The van der Waals surface area contributed by atoms with Gasteiger partial charge in [-0.1, -0.05) is 42.5 Å². The SMILES string of the molecule is N#CC(NCCc1ccccc1)c1cccc(O)c1. The average Bonchev–Trinajstić information content (AvgIpc) is 2.45. The van der Waals surface area contributed by atoms with E-state index in [4.69, 9.17) is 0 Å². The number of hydrogen-bond acceptors (Lipinski definition) is 3. The van der Waals surface area contributed by atoms with Gasteiger partial charge in [0.1, 0.15) is 11.8 Å². The Morgan fingerprint density at radius 1 is 1.11 bits per heavy atom. The molecule has 2 aromatic rings. The van der Waals surface area contributed by atoms with Crippen LogP contribution in [0.2, 0.25) is 0 Å². The number of nitriles is 1. The Kier molecular flexibility index (Phi) is 4.54. The summed E-state index contributed by atoms with van der Waals surface area (Å²) in [6.07, 6.45) is 0.873. The van der Waals surface area contributed by atoms with Crippen LogP contribution in [-0.4, -0.2) is 11.7 Å². The molecule has 19 heavy (non-hydrogen) atoms. The van der Waals surface area contributed by atoms with Crippen molar-refractivity contribution in [2.45, 2.75) is 12.5 Å². The van der Waals surface area contributed by atoms with Crippen molar-refractivity contribution in [2.24, 2.45) is 0 Å². The smallest absolute Gasteiger partial charge is 0.121 e. The number of hydrogen-bond donors (Lipinski definition) is 2. The minimum absolute atomic E-state index is 0.183. The van der Waals surface area contributed by atoms with Crippen molar-refractivity contribution >= 4 is 0 Å². The van der Waals surface area contributed by atoms with Gasteiger partial charge in [-0.25, -0.2) is 0 Å². The van der Waals surface area contributed by atoms with E-state index in [1.807, 2.05) is 24.3 Å². The lowest BCUT2D eigenvalue weighted by Crippen LogP contribution is -2.22. The van der Waals surface area contributed by atoms with Gasteiger partial charge in [-0.2, -0.15) is 5.26 Å². The molecule has 0 radical (unpaired) electrons. The molecular weight excluding hydrogens is 236 g/mol. The second-order valence-corrected chi connectivity index (χ2v) is 4.35. The standard InChI is InChI=1S/C16H16N2O/c17-12-16(14-7-4-8-15(19)11-14)18-10-9-13-5-2-1-3-6-13/h1-8,11,16,18-19H,9-10H2.